The number of carbonyl (C=O) groups excluding carboxylic acids is 1. The van der Waals surface area contributed by atoms with E-state index in [4.69, 9.17) is 9.84 Å². The van der Waals surface area contributed by atoms with Gasteiger partial charge >= 0.3 is 12.1 Å². The molecule has 194 valence electrons. The molecule has 0 radical (unpaired) electrons. The molecule has 2 saturated heterocycles. The zero-order valence-electron chi connectivity index (χ0n) is 21.3. The second-order valence-corrected chi connectivity index (χ2v) is 10.8. The first kappa shape index (κ1) is 23.8. The average Bonchev–Trinajstić information content (AvgIpc) is 3.44. The number of pyridine rings is 1. The Kier molecular flexibility index (Phi) is 6.01. The smallest absolute Gasteiger partial charge is 0.410 e. The van der Waals surface area contributed by atoms with Crippen LogP contribution in [0.15, 0.2) is 36.4 Å². The fraction of sp³-hybridized carbons (Fsp3) is 0.500. The van der Waals surface area contributed by atoms with Gasteiger partial charge in [-0.25, -0.2) is 19.3 Å². The molecule has 1 N–H and O–H groups in total. The maximum atomic E-state index is 12.7. The van der Waals surface area contributed by atoms with Gasteiger partial charge in [0.15, 0.2) is 11.3 Å². The first-order chi connectivity index (χ1) is 17.9. The summed E-state index contributed by atoms with van der Waals surface area (Å²) in [6.07, 6.45) is 4.69. The van der Waals surface area contributed by atoms with E-state index < -0.39 is 5.97 Å². The summed E-state index contributed by atoms with van der Waals surface area (Å²) in [5.41, 5.74) is 3.40. The molecule has 3 aromatic rings. The fourth-order valence-corrected chi connectivity index (χ4v) is 6.10. The second kappa shape index (κ2) is 9.36. The molecule has 9 heteroatoms. The molecule has 9 nitrogen and oxygen atoms in total. The molecule has 1 saturated carbocycles. The van der Waals surface area contributed by atoms with E-state index in [9.17, 15) is 14.7 Å². The van der Waals surface area contributed by atoms with E-state index in [1.807, 2.05) is 53.8 Å². The second-order valence-electron chi connectivity index (χ2n) is 10.8. The first-order valence-electron chi connectivity index (χ1n) is 13.3. The molecular weight excluding hydrogens is 470 g/mol. The molecule has 1 aliphatic carbocycles. The van der Waals surface area contributed by atoms with Crippen molar-refractivity contribution in [1.82, 2.24) is 19.7 Å². The van der Waals surface area contributed by atoms with Crippen molar-refractivity contribution in [1.29, 1.82) is 0 Å². The zero-order chi connectivity index (χ0) is 25.7. The summed E-state index contributed by atoms with van der Waals surface area (Å²) in [6, 6.07) is 11.7. The fourth-order valence-electron chi connectivity index (χ4n) is 6.10. The van der Waals surface area contributed by atoms with Gasteiger partial charge in [0.2, 0.25) is 0 Å². The van der Waals surface area contributed by atoms with Gasteiger partial charge in [-0.05, 0) is 63.6 Å². The van der Waals surface area contributed by atoms with Gasteiger partial charge in [0.05, 0.1) is 28.6 Å². The number of piperidine rings is 1. The van der Waals surface area contributed by atoms with Gasteiger partial charge in [-0.3, -0.25) is 0 Å². The standard InChI is InChI=1S/C28H33N5O4/c1-17(2)37-28(36)32-14-11-19-16-31(13-12-22(19)32)23-15-21(27(34)35)29-26-24(23)25(18-7-6-8-18)30-33(26)20-9-4-3-5-10-20/h3-5,9-10,15,17-19,22H,6-8,11-14,16H2,1-2H3,(H,34,35)/t19-,22+/m1/s1. The molecular formula is C28H33N5O4. The number of benzene rings is 1. The minimum Gasteiger partial charge on any atom is -0.477 e. The number of likely N-dealkylation sites (tertiary alicyclic amines) is 1. The van der Waals surface area contributed by atoms with Gasteiger partial charge in [-0.2, -0.15) is 5.10 Å². The Labute approximate surface area is 216 Å². The number of fused-ring (bicyclic) bond motifs is 2. The molecule has 2 aliphatic heterocycles. The topological polar surface area (TPSA) is 101 Å². The van der Waals surface area contributed by atoms with E-state index >= 15 is 0 Å². The minimum atomic E-state index is -1.05. The third-order valence-corrected chi connectivity index (χ3v) is 8.10. The SMILES string of the molecule is CC(C)OC(=O)N1CC[C@@H]2CN(c3cc(C(=O)O)nc4c3c(C3CCC3)nn4-c3ccccc3)CC[C@@H]21. The number of para-hydroxylation sites is 1. The highest BCUT2D eigenvalue weighted by molar-refractivity contribution is 5.98. The summed E-state index contributed by atoms with van der Waals surface area (Å²) < 4.78 is 7.30. The van der Waals surface area contributed by atoms with Crippen molar-refractivity contribution in [2.75, 3.05) is 24.5 Å². The number of hydrogen-bond acceptors (Lipinski definition) is 6. The van der Waals surface area contributed by atoms with Crippen molar-refractivity contribution in [2.24, 2.45) is 5.92 Å². The summed E-state index contributed by atoms with van der Waals surface area (Å²) in [7, 11) is 0. The van der Waals surface area contributed by atoms with E-state index in [2.05, 4.69) is 9.88 Å². The third kappa shape index (κ3) is 4.20. The molecule has 2 aromatic heterocycles. The molecule has 37 heavy (non-hydrogen) atoms. The highest BCUT2D eigenvalue weighted by Crippen LogP contribution is 2.44. The Morgan fingerprint density at radius 2 is 1.86 bits per heavy atom. The summed E-state index contributed by atoms with van der Waals surface area (Å²) in [4.78, 5) is 33.6. The van der Waals surface area contributed by atoms with Crippen LogP contribution in [0.3, 0.4) is 0 Å². The number of carboxylic acids is 1. The first-order valence-corrected chi connectivity index (χ1v) is 13.3. The van der Waals surface area contributed by atoms with Gasteiger partial charge in [-0.1, -0.05) is 24.6 Å². The third-order valence-electron chi connectivity index (χ3n) is 8.10. The molecule has 0 spiro atoms. The maximum Gasteiger partial charge on any atom is 0.410 e. The van der Waals surface area contributed by atoms with Crippen LogP contribution in [0.5, 0.6) is 0 Å². The van der Waals surface area contributed by atoms with Crippen LogP contribution in [0, 0.1) is 5.92 Å². The number of rotatable bonds is 5. The average molecular weight is 504 g/mol. The van der Waals surface area contributed by atoms with Crippen molar-refractivity contribution < 1.29 is 19.4 Å². The predicted molar refractivity (Wildman–Crippen MR) is 139 cm³/mol. The van der Waals surface area contributed by atoms with E-state index in [0.29, 0.717) is 24.0 Å². The predicted octanol–water partition coefficient (Wildman–Crippen LogP) is 4.83. The van der Waals surface area contributed by atoms with E-state index in [0.717, 1.165) is 61.2 Å². The molecule has 2 atom stereocenters. The summed E-state index contributed by atoms with van der Waals surface area (Å²) in [5, 5.41) is 15.9. The Balaban J connectivity index is 1.41. The molecule has 0 bridgehead atoms. The monoisotopic (exact) mass is 503 g/mol. The summed E-state index contributed by atoms with van der Waals surface area (Å²) >= 11 is 0. The number of carboxylic acid groups (broad SMARTS) is 1. The largest absolute Gasteiger partial charge is 0.477 e. The van der Waals surface area contributed by atoms with Crippen molar-refractivity contribution >= 4 is 28.8 Å². The molecule has 3 fully saturated rings. The van der Waals surface area contributed by atoms with Crippen molar-refractivity contribution in [2.45, 2.75) is 64.0 Å². The number of aromatic nitrogens is 3. The van der Waals surface area contributed by atoms with Crippen LogP contribution in [0.1, 0.15) is 68.1 Å². The lowest BCUT2D eigenvalue weighted by molar-refractivity contribution is 0.0670. The number of aromatic carboxylic acids is 1. The van der Waals surface area contributed by atoms with Gasteiger partial charge in [0.1, 0.15) is 0 Å². The molecule has 0 unspecified atom stereocenters. The van der Waals surface area contributed by atoms with Crippen LogP contribution in [-0.2, 0) is 4.74 Å². The lowest BCUT2D eigenvalue weighted by Crippen LogP contribution is -2.48. The number of hydrogen-bond donors (Lipinski definition) is 1. The van der Waals surface area contributed by atoms with Gasteiger partial charge in [0.25, 0.3) is 0 Å². The Morgan fingerprint density at radius 1 is 1.08 bits per heavy atom. The molecule has 3 aliphatic rings. The molecule has 1 amide bonds. The van der Waals surface area contributed by atoms with E-state index in [1.54, 1.807) is 6.07 Å². The number of nitrogens with zero attached hydrogens (tertiary/aromatic N) is 5. The van der Waals surface area contributed by atoms with Crippen LogP contribution in [0.2, 0.25) is 0 Å². The van der Waals surface area contributed by atoms with Crippen LogP contribution in [-0.4, -0.2) is 68.6 Å². The summed E-state index contributed by atoms with van der Waals surface area (Å²) in [6.45, 7) is 5.93. The minimum absolute atomic E-state index is 0.0235. The zero-order valence-corrected chi connectivity index (χ0v) is 21.3. The molecule has 4 heterocycles. The van der Waals surface area contributed by atoms with Gasteiger partial charge < -0.3 is 19.6 Å². The molecule has 1 aromatic carbocycles. The van der Waals surface area contributed by atoms with Crippen LogP contribution < -0.4 is 4.90 Å². The van der Waals surface area contributed by atoms with E-state index in [-0.39, 0.29) is 23.9 Å². The number of anilines is 1. The lowest BCUT2D eigenvalue weighted by Gasteiger charge is -2.39. The Morgan fingerprint density at radius 3 is 2.54 bits per heavy atom. The lowest BCUT2D eigenvalue weighted by atomic mass is 9.81. The quantitative estimate of drug-likeness (QED) is 0.532. The van der Waals surface area contributed by atoms with Crippen molar-refractivity contribution in [3.63, 3.8) is 0 Å². The van der Waals surface area contributed by atoms with Gasteiger partial charge in [0, 0.05) is 31.6 Å². The van der Waals surface area contributed by atoms with Crippen LogP contribution in [0.25, 0.3) is 16.7 Å². The number of carbonyl (C=O) groups is 2. The Hall–Kier alpha value is -3.62. The van der Waals surface area contributed by atoms with Gasteiger partial charge in [-0.15, -0.1) is 0 Å². The van der Waals surface area contributed by atoms with Crippen LogP contribution in [0.4, 0.5) is 10.5 Å². The highest BCUT2D eigenvalue weighted by Gasteiger charge is 2.42. The van der Waals surface area contributed by atoms with Crippen molar-refractivity contribution in [3.05, 3.63) is 47.8 Å². The summed E-state index contributed by atoms with van der Waals surface area (Å²) in [5.74, 6) is -0.386. The Bertz CT molecular complexity index is 1330. The van der Waals surface area contributed by atoms with Crippen molar-refractivity contribution in [3.8, 4) is 5.69 Å². The number of amides is 1. The maximum absolute atomic E-state index is 12.7. The van der Waals surface area contributed by atoms with E-state index in [1.165, 1.54) is 6.42 Å². The molecule has 6 rings (SSSR count). The normalized spacial score (nSPS) is 21.8. The number of ether oxygens (including phenoxy) is 1. The van der Waals surface area contributed by atoms with Crippen LogP contribution >= 0.6 is 0 Å². The highest BCUT2D eigenvalue weighted by atomic mass is 16.6.